The van der Waals surface area contributed by atoms with E-state index in [1.807, 2.05) is 0 Å². The first kappa shape index (κ1) is 23.8. The van der Waals surface area contributed by atoms with Gasteiger partial charge in [0.25, 0.3) is 0 Å². The first-order chi connectivity index (χ1) is 12.4. The van der Waals surface area contributed by atoms with Crippen LogP contribution in [0, 0.1) is 0 Å². The molecule has 0 aromatic carbocycles. The molecule has 13 nitrogen and oxygen atoms in total. The molecule has 3 amide bonds. The van der Waals surface area contributed by atoms with E-state index in [9.17, 15) is 28.8 Å². The van der Waals surface area contributed by atoms with E-state index in [4.69, 9.17) is 26.8 Å². The molecule has 0 heterocycles. The van der Waals surface area contributed by atoms with Gasteiger partial charge in [-0.25, -0.2) is 4.79 Å². The van der Waals surface area contributed by atoms with Gasteiger partial charge in [-0.2, -0.15) is 0 Å². The number of primary amides is 1. The highest BCUT2D eigenvalue weighted by Gasteiger charge is 2.29. The van der Waals surface area contributed by atoms with Crippen LogP contribution in [-0.4, -0.2) is 69.1 Å². The molecule has 0 fully saturated rings. The third kappa shape index (κ3) is 10.4. The van der Waals surface area contributed by atoms with Crippen molar-refractivity contribution in [2.75, 3.05) is 0 Å². The molecule has 3 unspecified atom stereocenters. The number of hydrogen-bond donors (Lipinski definition) is 7. The monoisotopic (exact) mass is 390 g/mol. The zero-order valence-corrected chi connectivity index (χ0v) is 14.2. The molecule has 0 saturated carbocycles. The van der Waals surface area contributed by atoms with Gasteiger partial charge in [-0.15, -0.1) is 0 Å². The van der Waals surface area contributed by atoms with E-state index < -0.39 is 73.0 Å². The number of carbonyl (C=O) groups is 6. The van der Waals surface area contributed by atoms with Crippen molar-refractivity contribution in [2.24, 2.45) is 11.5 Å². The molecule has 27 heavy (non-hydrogen) atoms. The van der Waals surface area contributed by atoms with Crippen molar-refractivity contribution >= 4 is 35.6 Å². The Hall–Kier alpha value is -3.22. The number of aliphatic carboxylic acids is 3. The zero-order chi connectivity index (χ0) is 21.1. The van der Waals surface area contributed by atoms with Crippen molar-refractivity contribution in [2.45, 2.75) is 50.2 Å². The summed E-state index contributed by atoms with van der Waals surface area (Å²) in [6.07, 6.45) is -2.28. The zero-order valence-electron chi connectivity index (χ0n) is 14.2. The highest BCUT2D eigenvalue weighted by atomic mass is 16.4. The molecule has 0 aliphatic rings. The second-order valence-electron chi connectivity index (χ2n) is 5.60. The topological polar surface area (TPSA) is 239 Å². The standard InChI is InChI=1S/C14H22N4O9/c15-6(5-11(22)23)12(24)17-7(1-3-9(16)19)13(25)18-8(14(26)27)2-4-10(20)21/h6-8H,1-5,15H2,(H2,16,19)(H,17,24)(H,18,25)(H,20,21)(H,22,23)(H,26,27). The normalized spacial score (nSPS) is 13.7. The molecule has 152 valence electrons. The average Bonchev–Trinajstić information content (AvgIpc) is 2.53. The molecular formula is C14H22N4O9. The van der Waals surface area contributed by atoms with Crippen molar-refractivity contribution in [3.63, 3.8) is 0 Å². The minimum absolute atomic E-state index is 0.294. The number of hydrogen-bond acceptors (Lipinski definition) is 7. The van der Waals surface area contributed by atoms with Crippen molar-refractivity contribution in [1.82, 2.24) is 10.6 Å². The largest absolute Gasteiger partial charge is 0.481 e. The van der Waals surface area contributed by atoms with Gasteiger partial charge in [-0.3, -0.25) is 24.0 Å². The van der Waals surface area contributed by atoms with Crippen LogP contribution in [-0.2, 0) is 28.8 Å². The summed E-state index contributed by atoms with van der Waals surface area (Å²) in [5.41, 5.74) is 10.4. The van der Waals surface area contributed by atoms with Crippen molar-refractivity contribution in [1.29, 1.82) is 0 Å². The van der Waals surface area contributed by atoms with E-state index in [0.29, 0.717) is 0 Å². The van der Waals surface area contributed by atoms with Crippen LogP contribution < -0.4 is 22.1 Å². The Morgan fingerprint density at radius 2 is 1.30 bits per heavy atom. The van der Waals surface area contributed by atoms with Crippen LogP contribution in [0.1, 0.15) is 32.1 Å². The lowest BCUT2D eigenvalue weighted by molar-refractivity contribution is -0.144. The van der Waals surface area contributed by atoms with Crippen molar-refractivity contribution in [3.05, 3.63) is 0 Å². The molecule has 13 heteroatoms. The second kappa shape index (κ2) is 11.4. The molecule has 0 bridgehead atoms. The maximum absolute atomic E-state index is 12.2. The minimum atomic E-state index is -1.55. The van der Waals surface area contributed by atoms with E-state index in [2.05, 4.69) is 10.6 Å². The molecule has 0 aliphatic heterocycles. The first-order valence-electron chi connectivity index (χ1n) is 7.75. The van der Waals surface area contributed by atoms with E-state index in [-0.39, 0.29) is 12.8 Å². The van der Waals surface area contributed by atoms with E-state index in [1.54, 1.807) is 0 Å². The van der Waals surface area contributed by atoms with Crippen LogP contribution in [0.3, 0.4) is 0 Å². The fourth-order valence-electron chi connectivity index (χ4n) is 1.91. The SMILES string of the molecule is NC(=O)CCC(NC(=O)C(N)CC(=O)O)C(=O)NC(CCC(=O)O)C(=O)O. The molecular weight excluding hydrogens is 368 g/mol. The number of carbonyl (C=O) groups excluding carboxylic acids is 3. The lowest BCUT2D eigenvalue weighted by atomic mass is 10.1. The summed E-state index contributed by atoms with van der Waals surface area (Å²) >= 11 is 0. The lowest BCUT2D eigenvalue weighted by Gasteiger charge is -2.22. The first-order valence-corrected chi connectivity index (χ1v) is 7.75. The minimum Gasteiger partial charge on any atom is -0.481 e. The number of amides is 3. The van der Waals surface area contributed by atoms with E-state index in [0.717, 1.165) is 0 Å². The van der Waals surface area contributed by atoms with Gasteiger partial charge in [0.15, 0.2) is 0 Å². The summed E-state index contributed by atoms with van der Waals surface area (Å²) in [5.74, 6) is -6.92. The van der Waals surface area contributed by atoms with Crippen molar-refractivity contribution in [3.8, 4) is 0 Å². The highest BCUT2D eigenvalue weighted by molar-refractivity contribution is 5.93. The van der Waals surface area contributed by atoms with Crippen molar-refractivity contribution < 1.29 is 44.1 Å². The third-order valence-electron chi connectivity index (χ3n) is 3.31. The summed E-state index contributed by atoms with van der Waals surface area (Å²) in [5, 5.41) is 30.5. The number of nitrogens with one attached hydrogen (secondary N) is 2. The molecule has 0 aromatic rings. The molecule has 0 aromatic heterocycles. The maximum atomic E-state index is 12.2. The second-order valence-corrected chi connectivity index (χ2v) is 5.60. The number of carboxylic acid groups (broad SMARTS) is 3. The van der Waals surface area contributed by atoms with Gasteiger partial charge in [-0.1, -0.05) is 0 Å². The third-order valence-corrected chi connectivity index (χ3v) is 3.31. The summed E-state index contributed by atoms with van der Waals surface area (Å²) in [4.78, 5) is 67.3. The maximum Gasteiger partial charge on any atom is 0.326 e. The van der Waals surface area contributed by atoms with Crippen LogP contribution in [0.5, 0.6) is 0 Å². The summed E-state index contributed by atoms with van der Waals surface area (Å²) < 4.78 is 0. The van der Waals surface area contributed by atoms with Gasteiger partial charge in [0.05, 0.1) is 12.5 Å². The van der Waals surface area contributed by atoms with Gasteiger partial charge < -0.3 is 37.4 Å². The Kier molecular flexibility index (Phi) is 10.0. The predicted octanol–water partition coefficient (Wildman–Crippen LogP) is -3.03. The lowest BCUT2D eigenvalue weighted by Crippen LogP contribution is -2.54. The van der Waals surface area contributed by atoms with Crippen LogP contribution >= 0.6 is 0 Å². The Balaban J connectivity index is 5.12. The fourth-order valence-corrected chi connectivity index (χ4v) is 1.91. The molecule has 9 N–H and O–H groups in total. The molecule has 3 atom stereocenters. The Morgan fingerprint density at radius 1 is 0.778 bits per heavy atom. The average molecular weight is 390 g/mol. The fraction of sp³-hybridized carbons (Fsp3) is 0.571. The number of rotatable bonds is 13. The molecule has 0 saturated heterocycles. The predicted molar refractivity (Wildman–Crippen MR) is 87.0 cm³/mol. The summed E-state index contributed by atoms with van der Waals surface area (Å²) in [7, 11) is 0. The van der Waals surface area contributed by atoms with Crippen LogP contribution in [0.2, 0.25) is 0 Å². The summed E-state index contributed by atoms with van der Waals surface area (Å²) in [6, 6.07) is -4.44. The van der Waals surface area contributed by atoms with E-state index in [1.165, 1.54) is 0 Å². The van der Waals surface area contributed by atoms with Gasteiger partial charge in [0, 0.05) is 12.8 Å². The van der Waals surface area contributed by atoms with Gasteiger partial charge >= 0.3 is 17.9 Å². The van der Waals surface area contributed by atoms with Gasteiger partial charge in [0.2, 0.25) is 17.7 Å². The highest BCUT2D eigenvalue weighted by Crippen LogP contribution is 2.03. The number of nitrogens with two attached hydrogens (primary N) is 2. The Labute approximate surface area is 153 Å². The number of carboxylic acids is 3. The Bertz CT molecular complexity index is 607. The molecule has 0 aliphatic carbocycles. The molecule has 0 radical (unpaired) electrons. The van der Waals surface area contributed by atoms with Crippen LogP contribution in [0.4, 0.5) is 0 Å². The molecule has 0 spiro atoms. The van der Waals surface area contributed by atoms with Crippen LogP contribution in [0.15, 0.2) is 0 Å². The van der Waals surface area contributed by atoms with Gasteiger partial charge in [0.1, 0.15) is 12.1 Å². The smallest absolute Gasteiger partial charge is 0.326 e. The van der Waals surface area contributed by atoms with Crippen LogP contribution in [0.25, 0.3) is 0 Å². The summed E-state index contributed by atoms with van der Waals surface area (Å²) in [6.45, 7) is 0. The Morgan fingerprint density at radius 3 is 1.74 bits per heavy atom. The van der Waals surface area contributed by atoms with Gasteiger partial charge in [-0.05, 0) is 12.8 Å². The quantitative estimate of drug-likeness (QED) is 0.168. The molecule has 0 rings (SSSR count). The van der Waals surface area contributed by atoms with E-state index >= 15 is 0 Å².